The molecule has 2 N–H and O–H groups in total. The van der Waals surface area contributed by atoms with Gasteiger partial charge >= 0.3 is 0 Å². The molecule has 1 fully saturated rings. The summed E-state index contributed by atoms with van der Waals surface area (Å²) >= 11 is 5.98. The third kappa shape index (κ3) is 1.54. The Morgan fingerprint density at radius 2 is 2.15 bits per heavy atom. The van der Waals surface area contributed by atoms with Crippen molar-refractivity contribution in [2.75, 3.05) is 0 Å². The van der Waals surface area contributed by atoms with Gasteiger partial charge in [0.2, 0.25) is 5.91 Å². The Hall–Kier alpha value is -1.02. The van der Waals surface area contributed by atoms with E-state index in [1.165, 1.54) is 0 Å². The molecule has 0 unspecified atom stereocenters. The topological polar surface area (TPSA) is 43.1 Å². The number of hydrogen-bond acceptors (Lipinski definition) is 1. The fraction of sp³-hybridized carbons (Fsp3) is 0.300. The van der Waals surface area contributed by atoms with E-state index in [-0.39, 0.29) is 17.7 Å². The molecule has 0 heterocycles. The molecule has 0 radical (unpaired) electrons. The molecule has 1 saturated carbocycles. The van der Waals surface area contributed by atoms with E-state index in [0.717, 1.165) is 17.0 Å². The summed E-state index contributed by atoms with van der Waals surface area (Å²) in [5.74, 6) is 0.0380. The predicted molar refractivity (Wildman–Crippen MR) is 51.5 cm³/mol. The Labute approximate surface area is 81.7 Å². The maximum absolute atomic E-state index is 10.8. The molecule has 1 aliphatic carbocycles. The standard InChI is InChI=1S/C10H10ClNO/c11-9-4-2-1-3-6(9)7-5-8(7)10(12)13/h1-4,7-8H,5H2,(H2,12,13)/t7-,8-/m1/s1. The fourth-order valence-corrected chi connectivity index (χ4v) is 1.90. The number of primary amides is 1. The summed E-state index contributed by atoms with van der Waals surface area (Å²) in [7, 11) is 0. The number of amides is 1. The van der Waals surface area contributed by atoms with E-state index in [2.05, 4.69) is 0 Å². The molecule has 2 rings (SSSR count). The number of rotatable bonds is 2. The van der Waals surface area contributed by atoms with Gasteiger partial charge in [-0.15, -0.1) is 0 Å². The molecule has 3 heteroatoms. The highest BCUT2D eigenvalue weighted by atomic mass is 35.5. The van der Waals surface area contributed by atoms with Crippen LogP contribution in [-0.4, -0.2) is 5.91 Å². The molecule has 2 atom stereocenters. The normalized spacial score (nSPS) is 25.6. The van der Waals surface area contributed by atoms with Gasteiger partial charge in [-0.2, -0.15) is 0 Å². The minimum Gasteiger partial charge on any atom is -0.369 e. The van der Waals surface area contributed by atoms with Gasteiger partial charge in [0.1, 0.15) is 0 Å². The van der Waals surface area contributed by atoms with Crippen molar-refractivity contribution in [3.8, 4) is 0 Å². The summed E-state index contributed by atoms with van der Waals surface area (Å²) in [4.78, 5) is 10.8. The van der Waals surface area contributed by atoms with Crippen molar-refractivity contribution in [2.24, 2.45) is 11.7 Å². The average Bonchev–Trinajstić information content (AvgIpc) is 2.84. The third-order valence-electron chi connectivity index (χ3n) is 2.46. The molecular weight excluding hydrogens is 186 g/mol. The van der Waals surface area contributed by atoms with Gasteiger partial charge in [0.25, 0.3) is 0 Å². The van der Waals surface area contributed by atoms with E-state index >= 15 is 0 Å². The fourth-order valence-electron chi connectivity index (χ4n) is 1.63. The zero-order valence-electron chi connectivity index (χ0n) is 7.03. The Morgan fingerprint density at radius 1 is 1.46 bits per heavy atom. The zero-order chi connectivity index (χ0) is 9.42. The van der Waals surface area contributed by atoms with E-state index in [4.69, 9.17) is 17.3 Å². The number of carbonyl (C=O) groups excluding carboxylic acids is 1. The monoisotopic (exact) mass is 195 g/mol. The summed E-state index contributed by atoms with van der Waals surface area (Å²) in [6, 6.07) is 7.61. The first kappa shape index (κ1) is 8.57. The van der Waals surface area contributed by atoms with Crippen molar-refractivity contribution in [1.29, 1.82) is 0 Å². The Kier molecular flexibility index (Phi) is 2.00. The molecule has 1 aromatic carbocycles. The minimum absolute atomic E-state index is 0.0000926. The summed E-state index contributed by atoms with van der Waals surface area (Å²) in [5, 5.41) is 0.733. The molecule has 0 aromatic heterocycles. The third-order valence-corrected chi connectivity index (χ3v) is 2.80. The van der Waals surface area contributed by atoms with E-state index in [9.17, 15) is 4.79 Å². The second-order valence-corrected chi connectivity index (χ2v) is 3.78. The molecule has 2 nitrogen and oxygen atoms in total. The van der Waals surface area contributed by atoms with Gasteiger partial charge in [0.15, 0.2) is 0 Å². The molecule has 0 saturated heterocycles. The van der Waals surface area contributed by atoms with Gasteiger partial charge < -0.3 is 5.73 Å². The van der Waals surface area contributed by atoms with Crippen LogP contribution < -0.4 is 5.73 Å². The van der Waals surface area contributed by atoms with Crippen molar-refractivity contribution in [1.82, 2.24) is 0 Å². The van der Waals surface area contributed by atoms with Crippen molar-refractivity contribution < 1.29 is 4.79 Å². The highest BCUT2D eigenvalue weighted by Crippen LogP contribution is 2.49. The van der Waals surface area contributed by atoms with Gasteiger partial charge in [-0.25, -0.2) is 0 Å². The van der Waals surface area contributed by atoms with Gasteiger partial charge in [-0.3, -0.25) is 4.79 Å². The quantitative estimate of drug-likeness (QED) is 0.770. The lowest BCUT2D eigenvalue weighted by atomic mass is 10.1. The maximum Gasteiger partial charge on any atom is 0.221 e. The number of halogens is 1. The van der Waals surface area contributed by atoms with Gasteiger partial charge in [0, 0.05) is 10.9 Å². The van der Waals surface area contributed by atoms with Crippen LogP contribution in [-0.2, 0) is 4.79 Å². The largest absolute Gasteiger partial charge is 0.369 e. The summed E-state index contributed by atoms with van der Waals surface area (Å²) in [6.45, 7) is 0. The lowest BCUT2D eigenvalue weighted by molar-refractivity contribution is -0.119. The van der Waals surface area contributed by atoms with Gasteiger partial charge in [-0.1, -0.05) is 29.8 Å². The Morgan fingerprint density at radius 3 is 2.69 bits per heavy atom. The number of hydrogen-bond donors (Lipinski definition) is 1. The predicted octanol–water partition coefficient (Wildman–Crippen LogP) is 1.93. The molecule has 13 heavy (non-hydrogen) atoms. The van der Waals surface area contributed by atoms with Crippen LogP contribution in [0.5, 0.6) is 0 Å². The van der Waals surface area contributed by atoms with Crippen molar-refractivity contribution in [3.05, 3.63) is 34.9 Å². The summed E-state index contributed by atoms with van der Waals surface area (Å²) < 4.78 is 0. The van der Waals surface area contributed by atoms with Crippen LogP contribution in [0, 0.1) is 5.92 Å². The first-order valence-corrected chi connectivity index (χ1v) is 4.61. The highest BCUT2D eigenvalue weighted by molar-refractivity contribution is 6.31. The molecule has 0 aliphatic heterocycles. The van der Waals surface area contributed by atoms with Crippen molar-refractivity contribution in [3.63, 3.8) is 0 Å². The second-order valence-electron chi connectivity index (χ2n) is 3.37. The van der Waals surface area contributed by atoms with Gasteiger partial charge in [0.05, 0.1) is 0 Å². The van der Waals surface area contributed by atoms with E-state index in [1.54, 1.807) is 0 Å². The van der Waals surface area contributed by atoms with Crippen LogP contribution in [0.4, 0.5) is 0 Å². The Bertz CT molecular complexity index is 351. The molecular formula is C10H10ClNO. The van der Waals surface area contributed by atoms with Crippen LogP contribution >= 0.6 is 11.6 Å². The number of carbonyl (C=O) groups is 1. The van der Waals surface area contributed by atoms with E-state index < -0.39 is 0 Å². The highest BCUT2D eigenvalue weighted by Gasteiger charge is 2.43. The number of nitrogens with two attached hydrogens (primary N) is 1. The smallest absolute Gasteiger partial charge is 0.221 e. The molecule has 1 aliphatic rings. The maximum atomic E-state index is 10.8. The first-order valence-electron chi connectivity index (χ1n) is 4.24. The van der Waals surface area contributed by atoms with Gasteiger partial charge in [-0.05, 0) is 24.0 Å². The van der Waals surface area contributed by atoms with Crippen LogP contribution in [0.2, 0.25) is 5.02 Å². The summed E-state index contributed by atoms with van der Waals surface area (Å²) in [5.41, 5.74) is 6.24. The average molecular weight is 196 g/mol. The molecule has 68 valence electrons. The zero-order valence-corrected chi connectivity index (χ0v) is 7.79. The van der Waals surface area contributed by atoms with Crippen LogP contribution in [0.15, 0.2) is 24.3 Å². The van der Waals surface area contributed by atoms with Crippen molar-refractivity contribution >= 4 is 17.5 Å². The van der Waals surface area contributed by atoms with E-state index in [0.29, 0.717) is 0 Å². The molecule has 1 amide bonds. The number of benzene rings is 1. The van der Waals surface area contributed by atoms with Crippen molar-refractivity contribution in [2.45, 2.75) is 12.3 Å². The molecule has 0 bridgehead atoms. The first-order chi connectivity index (χ1) is 6.20. The van der Waals surface area contributed by atoms with Crippen LogP contribution in [0.25, 0.3) is 0 Å². The van der Waals surface area contributed by atoms with Crippen LogP contribution in [0.1, 0.15) is 17.9 Å². The molecule has 1 aromatic rings. The minimum atomic E-state index is -0.218. The second kappa shape index (κ2) is 3.04. The summed E-state index contributed by atoms with van der Waals surface area (Å²) in [6.07, 6.45) is 0.846. The SMILES string of the molecule is NC(=O)[C@@H]1C[C@@H]1c1ccccc1Cl. The lowest BCUT2D eigenvalue weighted by Crippen LogP contribution is -2.13. The lowest BCUT2D eigenvalue weighted by Gasteiger charge is -2.00. The molecule has 0 spiro atoms. The Balaban J connectivity index is 2.21. The van der Waals surface area contributed by atoms with Crippen LogP contribution in [0.3, 0.4) is 0 Å². The van der Waals surface area contributed by atoms with E-state index in [1.807, 2.05) is 24.3 Å².